The minimum absolute atomic E-state index is 0.00197. The van der Waals surface area contributed by atoms with Crippen LogP contribution in [0, 0.1) is 25.2 Å². The summed E-state index contributed by atoms with van der Waals surface area (Å²) in [4.78, 5) is 12.5. The Kier molecular flexibility index (Phi) is 7.45. The number of hydrogen-bond donors (Lipinski definition) is 1. The molecule has 7 heteroatoms. The van der Waals surface area contributed by atoms with Gasteiger partial charge in [0.25, 0.3) is 0 Å². The van der Waals surface area contributed by atoms with Crippen LogP contribution in [0.2, 0.25) is 0 Å². The Hall–Kier alpha value is -4.44. The zero-order valence-electron chi connectivity index (χ0n) is 20.5. The first-order chi connectivity index (χ1) is 17.4. The molecule has 36 heavy (non-hydrogen) atoms. The smallest absolute Gasteiger partial charge is 0.349 e. The number of hydrogen-bond acceptors (Lipinski definition) is 7. The number of para-hydroxylation sites is 2. The Bertz CT molecular complexity index is 1340. The quantitative estimate of drug-likeness (QED) is 0.342. The number of esters is 1. The van der Waals surface area contributed by atoms with Gasteiger partial charge in [-0.15, -0.1) is 0 Å². The van der Waals surface area contributed by atoms with Crippen molar-refractivity contribution >= 4 is 5.97 Å². The van der Waals surface area contributed by atoms with Gasteiger partial charge >= 0.3 is 5.97 Å². The average Bonchev–Trinajstić information content (AvgIpc) is 2.86. The molecule has 2 N–H and O–H groups in total. The average molecular weight is 485 g/mol. The lowest BCUT2D eigenvalue weighted by molar-refractivity contribution is -0.136. The van der Waals surface area contributed by atoms with E-state index in [0.717, 1.165) is 28.7 Å². The Morgan fingerprint density at radius 2 is 1.78 bits per heavy atom. The summed E-state index contributed by atoms with van der Waals surface area (Å²) in [6, 6.07) is 20.6. The Balaban J connectivity index is 1.58. The molecule has 0 fully saturated rings. The zero-order chi connectivity index (χ0) is 25.7. The molecule has 3 aromatic carbocycles. The molecule has 1 unspecified atom stereocenters. The number of benzene rings is 3. The first-order valence-corrected chi connectivity index (χ1v) is 11.8. The third kappa shape index (κ3) is 5.13. The number of carbonyl (C=O) groups excluding carboxylic acids is 1. The highest BCUT2D eigenvalue weighted by Gasteiger charge is 2.33. The van der Waals surface area contributed by atoms with Crippen LogP contribution in [0.3, 0.4) is 0 Å². The highest BCUT2D eigenvalue weighted by molar-refractivity contribution is 5.74. The van der Waals surface area contributed by atoms with Gasteiger partial charge in [-0.1, -0.05) is 49.4 Å². The highest BCUT2D eigenvalue weighted by atomic mass is 16.6. The maximum Gasteiger partial charge on any atom is 0.349 e. The molecule has 0 bridgehead atoms. The number of allylic oxidation sites excluding steroid dienone is 1. The Labute approximate surface area is 210 Å². The number of ether oxygens (including phenoxy) is 4. The van der Waals surface area contributed by atoms with E-state index >= 15 is 0 Å². The Morgan fingerprint density at radius 3 is 2.50 bits per heavy atom. The minimum Gasteiger partial charge on any atom is -0.493 e. The summed E-state index contributed by atoms with van der Waals surface area (Å²) >= 11 is 0. The number of nitriles is 1. The molecule has 0 saturated carbocycles. The molecule has 1 aliphatic rings. The van der Waals surface area contributed by atoms with Crippen molar-refractivity contribution < 1.29 is 23.7 Å². The van der Waals surface area contributed by atoms with Gasteiger partial charge in [0.05, 0.1) is 12.5 Å². The van der Waals surface area contributed by atoms with E-state index in [4.69, 9.17) is 24.7 Å². The molecule has 0 aliphatic carbocycles. The van der Waals surface area contributed by atoms with E-state index in [0.29, 0.717) is 29.4 Å². The van der Waals surface area contributed by atoms with Crippen molar-refractivity contribution in [2.75, 3.05) is 13.2 Å². The van der Waals surface area contributed by atoms with E-state index in [9.17, 15) is 10.1 Å². The summed E-state index contributed by atoms with van der Waals surface area (Å²) in [5.41, 5.74) is 9.84. The first kappa shape index (κ1) is 24.7. The van der Waals surface area contributed by atoms with Crippen molar-refractivity contribution in [3.05, 3.63) is 94.4 Å². The van der Waals surface area contributed by atoms with Gasteiger partial charge in [-0.2, -0.15) is 5.26 Å². The van der Waals surface area contributed by atoms with E-state index in [1.54, 1.807) is 18.2 Å². The minimum atomic E-state index is -0.551. The van der Waals surface area contributed by atoms with Crippen molar-refractivity contribution in [2.24, 2.45) is 5.73 Å². The molecule has 0 saturated heterocycles. The molecule has 3 aromatic rings. The molecular formula is C29H28N2O5. The summed E-state index contributed by atoms with van der Waals surface area (Å²) in [5.74, 6) is 0.999. The van der Waals surface area contributed by atoms with E-state index in [1.807, 2.05) is 63.2 Å². The third-order valence-electron chi connectivity index (χ3n) is 5.86. The second-order valence-corrected chi connectivity index (χ2v) is 8.49. The number of aryl methyl sites for hydroxylation is 2. The predicted octanol–water partition coefficient (Wildman–Crippen LogP) is 5.29. The molecule has 0 spiro atoms. The summed E-state index contributed by atoms with van der Waals surface area (Å²) in [5, 5.41) is 9.86. The fraction of sp³-hybridized carbons (Fsp3) is 0.241. The molecule has 7 nitrogen and oxygen atoms in total. The third-order valence-corrected chi connectivity index (χ3v) is 5.86. The molecule has 0 aromatic heterocycles. The van der Waals surface area contributed by atoms with Gasteiger partial charge in [0.1, 0.15) is 34.6 Å². The summed E-state index contributed by atoms with van der Waals surface area (Å²) in [6.45, 7) is 6.18. The Morgan fingerprint density at radius 1 is 1.03 bits per heavy atom. The van der Waals surface area contributed by atoms with Crippen LogP contribution in [0.25, 0.3) is 0 Å². The lowest BCUT2D eigenvalue weighted by Gasteiger charge is -2.28. The van der Waals surface area contributed by atoms with Crippen LogP contribution in [-0.2, 0) is 4.79 Å². The summed E-state index contributed by atoms with van der Waals surface area (Å²) in [6.07, 6.45) is 0.851. The van der Waals surface area contributed by atoms with Gasteiger partial charge < -0.3 is 24.7 Å². The van der Waals surface area contributed by atoms with Gasteiger partial charge in [0.15, 0.2) is 6.61 Å². The molecule has 184 valence electrons. The topological polar surface area (TPSA) is 104 Å². The number of nitrogens with zero attached hydrogens (tertiary/aromatic N) is 1. The molecular weight excluding hydrogens is 456 g/mol. The predicted molar refractivity (Wildman–Crippen MR) is 135 cm³/mol. The van der Waals surface area contributed by atoms with Crippen molar-refractivity contribution in [1.82, 2.24) is 0 Å². The van der Waals surface area contributed by atoms with Crippen molar-refractivity contribution in [1.29, 1.82) is 5.26 Å². The van der Waals surface area contributed by atoms with Crippen LogP contribution in [0.4, 0.5) is 0 Å². The largest absolute Gasteiger partial charge is 0.493 e. The maximum absolute atomic E-state index is 12.5. The summed E-state index contributed by atoms with van der Waals surface area (Å²) < 4.78 is 22.9. The second-order valence-electron chi connectivity index (χ2n) is 8.49. The summed E-state index contributed by atoms with van der Waals surface area (Å²) in [7, 11) is 0. The molecule has 0 amide bonds. The molecule has 0 radical (unpaired) electrons. The van der Waals surface area contributed by atoms with Gasteiger partial charge in [0, 0.05) is 17.2 Å². The van der Waals surface area contributed by atoms with Gasteiger partial charge in [-0.3, -0.25) is 0 Å². The molecule has 1 aliphatic heterocycles. The number of fused-ring (bicyclic) bond motifs is 1. The molecule has 4 rings (SSSR count). The number of rotatable bonds is 8. The first-order valence-electron chi connectivity index (χ1n) is 11.8. The fourth-order valence-electron chi connectivity index (χ4n) is 4.20. The van der Waals surface area contributed by atoms with Crippen LogP contribution in [0.5, 0.6) is 23.0 Å². The van der Waals surface area contributed by atoms with Crippen LogP contribution >= 0.6 is 0 Å². The van der Waals surface area contributed by atoms with Gasteiger partial charge in [0.2, 0.25) is 5.88 Å². The van der Waals surface area contributed by atoms with Crippen molar-refractivity contribution in [3.8, 4) is 29.1 Å². The lowest BCUT2D eigenvalue weighted by Crippen LogP contribution is -2.22. The van der Waals surface area contributed by atoms with Crippen LogP contribution in [0.15, 0.2) is 72.1 Å². The van der Waals surface area contributed by atoms with E-state index in [2.05, 4.69) is 6.07 Å². The zero-order valence-corrected chi connectivity index (χ0v) is 20.5. The fourth-order valence-corrected chi connectivity index (χ4v) is 4.20. The van der Waals surface area contributed by atoms with Crippen LogP contribution in [-0.4, -0.2) is 19.2 Å². The van der Waals surface area contributed by atoms with E-state index < -0.39 is 11.9 Å². The van der Waals surface area contributed by atoms with Crippen LogP contribution < -0.4 is 24.7 Å². The second kappa shape index (κ2) is 10.9. The van der Waals surface area contributed by atoms with Crippen molar-refractivity contribution in [2.45, 2.75) is 33.1 Å². The van der Waals surface area contributed by atoms with Crippen molar-refractivity contribution in [3.63, 3.8) is 0 Å². The standard InChI is InChI=1S/C29H28N2O5/c1-4-14-33-24-11-6-5-10-21(24)27-22-13-12-20(15-25(22)36-29(31)23(27)16-30)35-26(32)17-34-28-18(2)8-7-9-19(28)3/h5-13,15,27H,4,14,17,31H2,1-3H3. The lowest BCUT2D eigenvalue weighted by atomic mass is 9.83. The maximum atomic E-state index is 12.5. The number of nitrogens with two attached hydrogens (primary N) is 1. The van der Waals surface area contributed by atoms with Gasteiger partial charge in [-0.25, -0.2) is 4.79 Å². The van der Waals surface area contributed by atoms with E-state index in [1.165, 1.54) is 0 Å². The normalized spacial score (nSPS) is 14.3. The number of carbonyl (C=O) groups is 1. The van der Waals surface area contributed by atoms with Gasteiger partial charge in [-0.05, 0) is 43.5 Å². The molecule has 1 heterocycles. The van der Waals surface area contributed by atoms with E-state index in [-0.39, 0.29) is 18.2 Å². The highest BCUT2D eigenvalue weighted by Crippen LogP contribution is 2.45. The van der Waals surface area contributed by atoms with Crippen LogP contribution in [0.1, 0.15) is 41.5 Å². The SMILES string of the molecule is CCCOc1ccccc1C1C(C#N)=C(N)Oc2cc(OC(=O)COc3c(C)cccc3C)ccc21. The monoisotopic (exact) mass is 484 g/mol. The molecule has 1 atom stereocenters.